The molecule has 2 aromatic heterocycles. The quantitative estimate of drug-likeness (QED) is 0.751. The number of pyridine rings is 1. The van der Waals surface area contributed by atoms with Crippen LogP contribution in [-0.4, -0.2) is 19.6 Å². The Morgan fingerprint density at radius 2 is 2.04 bits per heavy atom. The molecule has 3 atom stereocenters. The first-order valence-corrected chi connectivity index (χ1v) is 8.07. The van der Waals surface area contributed by atoms with Crippen molar-refractivity contribution in [1.82, 2.24) is 14.5 Å². The van der Waals surface area contributed by atoms with Gasteiger partial charge in [-0.3, -0.25) is 4.98 Å². The number of aliphatic hydroxyl groups is 1. The van der Waals surface area contributed by atoms with Gasteiger partial charge in [0.15, 0.2) is 0 Å². The number of rotatable bonds is 1. The molecule has 0 saturated carbocycles. The summed E-state index contributed by atoms with van der Waals surface area (Å²) in [5.74, 6) is 0.119. The summed E-state index contributed by atoms with van der Waals surface area (Å²) in [4.78, 5) is 8.77. The van der Waals surface area contributed by atoms with Crippen LogP contribution < -0.4 is 0 Å². The summed E-state index contributed by atoms with van der Waals surface area (Å²) in [5, 5.41) is 11.0. The van der Waals surface area contributed by atoms with E-state index < -0.39 is 6.10 Å². The average Bonchev–Trinajstić information content (AvgIpc) is 3.17. The van der Waals surface area contributed by atoms with Crippen LogP contribution in [0.1, 0.15) is 35.4 Å². The number of imidazole rings is 1. The number of aromatic nitrogens is 3. The Morgan fingerprint density at radius 3 is 3.00 bits per heavy atom. The van der Waals surface area contributed by atoms with Crippen molar-refractivity contribution in [2.75, 3.05) is 0 Å². The molecule has 0 fully saturated rings. The van der Waals surface area contributed by atoms with E-state index >= 15 is 0 Å². The molecule has 4 nitrogen and oxygen atoms in total. The first-order chi connectivity index (χ1) is 11.3. The number of aliphatic hydroxyl groups excluding tert-OH is 1. The molecular formula is C19H17N3O. The predicted molar refractivity (Wildman–Crippen MR) is 86.8 cm³/mol. The Labute approximate surface area is 134 Å². The third-order valence-corrected chi connectivity index (χ3v) is 5.29. The summed E-state index contributed by atoms with van der Waals surface area (Å²) < 4.78 is 2.21. The van der Waals surface area contributed by atoms with Gasteiger partial charge in [0.05, 0.1) is 30.0 Å². The lowest BCUT2D eigenvalue weighted by Gasteiger charge is -2.34. The van der Waals surface area contributed by atoms with Gasteiger partial charge in [0.2, 0.25) is 0 Å². The molecule has 1 aliphatic heterocycles. The molecule has 0 saturated heterocycles. The maximum Gasteiger partial charge on any atom is 0.101 e. The van der Waals surface area contributed by atoms with Crippen LogP contribution in [0.25, 0.3) is 11.3 Å². The number of hydrogen-bond donors (Lipinski definition) is 1. The number of hydrogen-bond acceptors (Lipinski definition) is 3. The monoisotopic (exact) mass is 303 g/mol. The van der Waals surface area contributed by atoms with Crippen molar-refractivity contribution in [2.45, 2.75) is 25.0 Å². The molecule has 5 rings (SSSR count). The van der Waals surface area contributed by atoms with Crippen LogP contribution >= 0.6 is 0 Å². The van der Waals surface area contributed by atoms with E-state index in [1.807, 2.05) is 18.6 Å². The standard InChI is InChI=1S/C19H17N3O/c23-19-15(8-7-12-4-3-9-21-17(12)19)18-14-6-2-1-5-13(14)16-10-20-11-22(16)18/h1-6,9-11,15,18-19,23H,7-8H2/t15-,18?,19+/m1/s1. The van der Waals surface area contributed by atoms with Crippen LogP contribution in [0.2, 0.25) is 0 Å². The number of benzene rings is 1. The molecule has 23 heavy (non-hydrogen) atoms. The Bertz CT molecular complexity index is 886. The van der Waals surface area contributed by atoms with E-state index in [2.05, 4.69) is 44.9 Å². The third-order valence-electron chi connectivity index (χ3n) is 5.29. The summed E-state index contributed by atoms with van der Waals surface area (Å²) in [7, 11) is 0. The Balaban J connectivity index is 1.64. The third kappa shape index (κ3) is 1.75. The van der Waals surface area contributed by atoms with Crippen LogP contribution in [0.5, 0.6) is 0 Å². The zero-order valence-corrected chi connectivity index (χ0v) is 12.6. The normalized spacial score (nSPS) is 24.8. The van der Waals surface area contributed by atoms with Gasteiger partial charge in [0, 0.05) is 17.7 Å². The molecular weight excluding hydrogens is 286 g/mol. The van der Waals surface area contributed by atoms with E-state index in [9.17, 15) is 5.11 Å². The van der Waals surface area contributed by atoms with Crippen LogP contribution in [-0.2, 0) is 6.42 Å². The molecule has 114 valence electrons. The molecule has 1 unspecified atom stereocenters. The number of fused-ring (bicyclic) bond motifs is 4. The fourth-order valence-corrected chi connectivity index (χ4v) is 4.25. The van der Waals surface area contributed by atoms with Crippen molar-refractivity contribution in [2.24, 2.45) is 5.92 Å². The molecule has 3 aromatic rings. The lowest BCUT2D eigenvalue weighted by Crippen LogP contribution is -2.29. The summed E-state index contributed by atoms with van der Waals surface area (Å²) in [5.41, 5.74) is 5.68. The molecule has 0 radical (unpaired) electrons. The topological polar surface area (TPSA) is 50.9 Å². The molecule has 3 heterocycles. The summed E-state index contributed by atoms with van der Waals surface area (Å²) in [6.45, 7) is 0. The first kappa shape index (κ1) is 13.0. The fraction of sp³-hybridized carbons (Fsp3) is 0.263. The van der Waals surface area contributed by atoms with E-state index in [1.54, 1.807) is 6.20 Å². The van der Waals surface area contributed by atoms with Crippen molar-refractivity contribution in [3.05, 3.63) is 71.9 Å². The van der Waals surface area contributed by atoms with Gasteiger partial charge in [0.1, 0.15) is 6.10 Å². The minimum absolute atomic E-state index is 0.119. The lowest BCUT2D eigenvalue weighted by atomic mass is 9.78. The summed E-state index contributed by atoms with van der Waals surface area (Å²) in [6, 6.07) is 12.6. The highest BCUT2D eigenvalue weighted by Gasteiger charge is 2.40. The average molecular weight is 303 g/mol. The Kier molecular flexibility index (Phi) is 2.70. The van der Waals surface area contributed by atoms with Gasteiger partial charge in [-0.2, -0.15) is 0 Å². The van der Waals surface area contributed by atoms with Gasteiger partial charge in [0.25, 0.3) is 0 Å². The van der Waals surface area contributed by atoms with Crippen molar-refractivity contribution in [1.29, 1.82) is 0 Å². The smallest absolute Gasteiger partial charge is 0.101 e. The zero-order valence-electron chi connectivity index (χ0n) is 12.6. The number of nitrogens with zero attached hydrogens (tertiary/aromatic N) is 3. The Morgan fingerprint density at radius 1 is 1.13 bits per heavy atom. The largest absolute Gasteiger partial charge is 0.386 e. The maximum absolute atomic E-state index is 11.0. The molecule has 4 heteroatoms. The van der Waals surface area contributed by atoms with Gasteiger partial charge in [-0.25, -0.2) is 4.98 Å². The molecule has 0 spiro atoms. The van der Waals surface area contributed by atoms with E-state index in [4.69, 9.17) is 0 Å². The second-order valence-corrected chi connectivity index (χ2v) is 6.41. The van der Waals surface area contributed by atoms with E-state index in [0.29, 0.717) is 0 Å². The van der Waals surface area contributed by atoms with Crippen LogP contribution in [0.15, 0.2) is 55.1 Å². The molecule has 1 aliphatic carbocycles. The number of aryl methyl sites for hydroxylation is 1. The van der Waals surface area contributed by atoms with Crippen molar-refractivity contribution < 1.29 is 5.11 Å². The van der Waals surface area contributed by atoms with Crippen LogP contribution in [0.3, 0.4) is 0 Å². The highest BCUT2D eigenvalue weighted by molar-refractivity contribution is 5.69. The molecule has 1 N–H and O–H groups in total. The van der Waals surface area contributed by atoms with Crippen molar-refractivity contribution >= 4 is 0 Å². The molecule has 0 bridgehead atoms. The summed E-state index contributed by atoms with van der Waals surface area (Å²) >= 11 is 0. The van der Waals surface area contributed by atoms with Crippen LogP contribution in [0.4, 0.5) is 0 Å². The maximum atomic E-state index is 11.0. The van der Waals surface area contributed by atoms with Crippen molar-refractivity contribution in [3.63, 3.8) is 0 Å². The second kappa shape index (κ2) is 4.77. The van der Waals surface area contributed by atoms with Gasteiger partial charge in [-0.15, -0.1) is 0 Å². The molecule has 2 aliphatic rings. The van der Waals surface area contributed by atoms with Crippen LogP contribution in [0, 0.1) is 5.92 Å². The van der Waals surface area contributed by atoms with E-state index in [-0.39, 0.29) is 12.0 Å². The highest BCUT2D eigenvalue weighted by atomic mass is 16.3. The van der Waals surface area contributed by atoms with E-state index in [0.717, 1.165) is 24.2 Å². The van der Waals surface area contributed by atoms with Gasteiger partial charge in [-0.05, 0) is 30.0 Å². The van der Waals surface area contributed by atoms with Gasteiger partial charge < -0.3 is 9.67 Å². The zero-order chi connectivity index (χ0) is 15.4. The summed E-state index contributed by atoms with van der Waals surface area (Å²) in [6.07, 6.45) is 6.96. The SMILES string of the molecule is O[C@@H]1c2ncccc2CC[C@@H]1C1c2ccccc2-c2cncn21. The van der Waals surface area contributed by atoms with E-state index in [1.165, 1.54) is 16.7 Å². The highest BCUT2D eigenvalue weighted by Crippen LogP contribution is 2.49. The van der Waals surface area contributed by atoms with Gasteiger partial charge in [-0.1, -0.05) is 30.3 Å². The predicted octanol–water partition coefficient (Wildman–Crippen LogP) is 3.14. The lowest BCUT2D eigenvalue weighted by molar-refractivity contribution is 0.0679. The minimum Gasteiger partial charge on any atom is -0.386 e. The van der Waals surface area contributed by atoms with Crippen molar-refractivity contribution in [3.8, 4) is 11.3 Å². The fourth-order valence-electron chi connectivity index (χ4n) is 4.25. The molecule has 1 aromatic carbocycles. The minimum atomic E-state index is -0.536. The molecule has 0 amide bonds. The Hall–Kier alpha value is -2.46. The first-order valence-electron chi connectivity index (χ1n) is 8.07. The van der Waals surface area contributed by atoms with Gasteiger partial charge >= 0.3 is 0 Å². The second-order valence-electron chi connectivity index (χ2n) is 6.41.